The number of halogens is 1. The molecule has 3 unspecified atom stereocenters. The minimum Gasteiger partial charge on any atom is -0.443 e. The number of rotatable bonds is 4. The van der Waals surface area contributed by atoms with Gasteiger partial charge >= 0.3 is 6.09 Å². The highest BCUT2D eigenvalue weighted by molar-refractivity contribution is 6.09. The number of nitrogens with zero attached hydrogens (tertiary/aromatic N) is 4. The van der Waals surface area contributed by atoms with Gasteiger partial charge in [0.25, 0.3) is 0 Å². The number of allylic oxidation sites excluding steroid dienone is 1. The van der Waals surface area contributed by atoms with Gasteiger partial charge < -0.3 is 26.3 Å². The summed E-state index contributed by atoms with van der Waals surface area (Å²) in [4.78, 5) is 25.4. The number of aliphatic imine (C=N–C) groups is 2. The molecule has 1 amide bonds. The average molecular weight is 389 g/mol. The number of nitrogens with one attached hydrogen (secondary N) is 1. The van der Waals surface area contributed by atoms with Crippen molar-refractivity contribution in [2.45, 2.75) is 31.5 Å². The molecule has 3 aliphatic heterocycles. The number of carbonyl (C=O) groups excluding carboxylic acids is 1. The SMILES string of the molecule is NC(N)=NC(=O)OCc1ccnc(C2=CNC(N3CC4CC3CO4)N=C2)c1F. The number of aromatic nitrogens is 1. The van der Waals surface area contributed by atoms with Crippen LogP contribution >= 0.6 is 0 Å². The van der Waals surface area contributed by atoms with E-state index in [0.717, 1.165) is 13.0 Å². The number of morpholine rings is 1. The maximum Gasteiger partial charge on any atom is 0.437 e. The number of likely N-dealkylation sites (tertiary alicyclic amines) is 1. The Morgan fingerprint density at radius 3 is 3.00 bits per heavy atom. The fourth-order valence-corrected chi connectivity index (χ4v) is 3.51. The van der Waals surface area contributed by atoms with Gasteiger partial charge in [-0.15, -0.1) is 4.99 Å². The molecule has 0 spiro atoms. The Morgan fingerprint density at radius 2 is 2.36 bits per heavy atom. The molecule has 28 heavy (non-hydrogen) atoms. The Labute approximate surface area is 160 Å². The van der Waals surface area contributed by atoms with E-state index >= 15 is 0 Å². The summed E-state index contributed by atoms with van der Waals surface area (Å²) in [6.07, 6.45) is 4.80. The molecular weight excluding hydrogens is 369 g/mol. The second kappa shape index (κ2) is 7.52. The van der Waals surface area contributed by atoms with E-state index in [1.54, 1.807) is 12.4 Å². The maximum atomic E-state index is 14.8. The van der Waals surface area contributed by atoms with E-state index in [0.29, 0.717) is 18.2 Å². The van der Waals surface area contributed by atoms with Crippen LogP contribution in [-0.2, 0) is 16.1 Å². The highest BCUT2D eigenvalue weighted by Crippen LogP contribution is 2.30. The van der Waals surface area contributed by atoms with Gasteiger partial charge in [-0.05, 0) is 12.5 Å². The van der Waals surface area contributed by atoms with Crippen molar-refractivity contribution in [1.29, 1.82) is 0 Å². The molecule has 3 aliphatic rings. The summed E-state index contributed by atoms with van der Waals surface area (Å²) >= 11 is 0. The van der Waals surface area contributed by atoms with Gasteiger partial charge in [-0.1, -0.05) is 0 Å². The van der Waals surface area contributed by atoms with Crippen LogP contribution in [-0.4, -0.2) is 59.7 Å². The number of pyridine rings is 1. The average Bonchev–Trinajstić information content (AvgIpc) is 3.30. The smallest absolute Gasteiger partial charge is 0.437 e. The monoisotopic (exact) mass is 389 g/mol. The van der Waals surface area contributed by atoms with Crippen molar-refractivity contribution < 1.29 is 18.7 Å². The van der Waals surface area contributed by atoms with Crippen molar-refractivity contribution in [1.82, 2.24) is 15.2 Å². The minimum absolute atomic E-state index is 0.108. The Balaban J connectivity index is 1.43. The molecule has 1 aromatic rings. The number of amides is 1. The second-order valence-corrected chi connectivity index (χ2v) is 6.68. The number of hydrogen-bond acceptors (Lipinski definition) is 7. The Morgan fingerprint density at radius 1 is 1.50 bits per heavy atom. The summed E-state index contributed by atoms with van der Waals surface area (Å²) in [6.45, 7) is 1.21. The van der Waals surface area contributed by atoms with Crippen LogP contribution < -0.4 is 16.8 Å². The Hall–Kier alpha value is -3.05. The Bertz CT molecular complexity index is 868. The molecule has 2 saturated heterocycles. The highest BCUT2D eigenvalue weighted by atomic mass is 19.1. The predicted octanol–water partition coefficient (Wildman–Crippen LogP) is -0.0977. The number of nitrogens with two attached hydrogens (primary N) is 2. The van der Waals surface area contributed by atoms with Crippen LogP contribution in [0.15, 0.2) is 28.4 Å². The van der Waals surface area contributed by atoms with E-state index in [1.165, 1.54) is 12.3 Å². The lowest BCUT2D eigenvalue weighted by Gasteiger charge is -2.33. The summed E-state index contributed by atoms with van der Waals surface area (Å²) in [5, 5.41) is 3.19. The first-order chi connectivity index (χ1) is 13.5. The Kier molecular flexibility index (Phi) is 4.92. The molecule has 0 saturated carbocycles. The van der Waals surface area contributed by atoms with Gasteiger partial charge in [0.1, 0.15) is 12.3 Å². The summed E-state index contributed by atoms with van der Waals surface area (Å²) in [5.41, 5.74) is 10.9. The zero-order valence-electron chi connectivity index (χ0n) is 14.9. The number of guanidine groups is 1. The van der Waals surface area contributed by atoms with Crippen molar-refractivity contribution >= 4 is 23.8 Å². The minimum atomic E-state index is -0.996. The molecule has 0 aromatic carbocycles. The molecule has 4 rings (SSSR count). The molecular formula is C17H20FN7O3. The number of carbonyl (C=O) groups is 1. The predicted molar refractivity (Wildman–Crippen MR) is 98.4 cm³/mol. The third kappa shape index (κ3) is 3.66. The highest BCUT2D eigenvalue weighted by Gasteiger charge is 2.42. The molecule has 0 radical (unpaired) electrons. The van der Waals surface area contributed by atoms with Gasteiger partial charge in [-0.3, -0.25) is 14.9 Å². The van der Waals surface area contributed by atoms with E-state index in [2.05, 4.69) is 25.2 Å². The summed E-state index contributed by atoms with van der Waals surface area (Å²) in [7, 11) is 0. The van der Waals surface area contributed by atoms with Crippen molar-refractivity contribution in [3.05, 3.63) is 35.5 Å². The first kappa shape index (κ1) is 18.3. The summed E-state index contributed by atoms with van der Waals surface area (Å²) in [5.74, 6) is -1.03. The zero-order valence-corrected chi connectivity index (χ0v) is 14.9. The zero-order chi connectivity index (χ0) is 19.7. The van der Waals surface area contributed by atoms with Crippen LogP contribution in [0, 0.1) is 5.82 Å². The molecule has 2 fully saturated rings. The van der Waals surface area contributed by atoms with E-state index < -0.39 is 17.9 Å². The van der Waals surface area contributed by atoms with Gasteiger partial charge in [0, 0.05) is 42.3 Å². The van der Waals surface area contributed by atoms with Gasteiger partial charge in [0.05, 0.1) is 12.7 Å². The molecule has 0 aliphatic carbocycles. The first-order valence-electron chi connectivity index (χ1n) is 8.78. The van der Waals surface area contributed by atoms with E-state index in [9.17, 15) is 9.18 Å². The normalized spacial score (nSPS) is 25.9. The molecule has 11 heteroatoms. The number of fused-ring (bicyclic) bond motifs is 2. The molecule has 5 N–H and O–H groups in total. The molecule has 2 bridgehead atoms. The largest absolute Gasteiger partial charge is 0.443 e. The van der Waals surface area contributed by atoms with Crippen molar-refractivity contribution in [3.8, 4) is 0 Å². The van der Waals surface area contributed by atoms with Crippen LogP contribution in [0.5, 0.6) is 0 Å². The van der Waals surface area contributed by atoms with Crippen molar-refractivity contribution in [3.63, 3.8) is 0 Å². The van der Waals surface area contributed by atoms with Crippen LogP contribution in [0.1, 0.15) is 17.7 Å². The maximum absolute atomic E-state index is 14.8. The second-order valence-electron chi connectivity index (χ2n) is 6.68. The third-order valence-corrected chi connectivity index (χ3v) is 4.81. The standard InChI is InChI=1S/C17H20FN7O3/c18-13-9(7-28-17(26)24-15(19)20)1-2-21-14(13)10-4-22-16(23-5-10)25-6-12-3-11(25)8-27-12/h1-2,4-5,11-12,16,22H,3,6-8H2,(H4,19,20,24,26). The lowest BCUT2D eigenvalue weighted by atomic mass is 10.1. The van der Waals surface area contributed by atoms with Gasteiger partial charge in [0.2, 0.25) is 0 Å². The van der Waals surface area contributed by atoms with Crippen LogP contribution in [0.2, 0.25) is 0 Å². The van der Waals surface area contributed by atoms with E-state index in [-0.39, 0.29) is 30.3 Å². The van der Waals surface area contributed by atoms with Crippen LogP contribution in [0.25, 0.3) is 5.57 Å². The van der Waals surface area contributed by atoms with Gasteiger partial charge in [-0.2, -0.15) is 0 Å². The van der Waals surface area contributed by atoms with E-state index in [4.69, 9.17) is 20.9 Å². The molecule has 10 nitrogen and oxygen atoms in total. The van der Waals surface area contributed by atoms with E-state index in [1.807, 2.05) is 0 Å². The quantitative estimate of drug-likeness (QED) is 0.479. The van der Waals surface area contributed by atoms with Crippen molar-refractivity contribution in [2.75, 3.05) is 13.2 Å². The van der Waals surface area contributed by atoms with Crippen LogP contribution in [0.3, 0.4) is 0 Å². The lowest BCUT2D eigenvalue weighted by molar-refractivity contribution is 0.00886. The van der Waals surface area contributed by atoms with Crippen molar-refractivity contribution in [2.24, 2.45) is 21.5 Å². The lowest BCUT2D eigenvalue weighted by Crippen LogP contribution is -2.49. The fraction of sp³-hybridized carbons (Fsp3) is 0.412. The summed E-state index contributed by atoms with van der Waals surface area (Å²) in [6, 6.07) is 1.77. The first-order valence-corrected chi connectivity index (χ1v) is 8.78. The third-order valence-electron chi connectivity index (χ3n) is 4.81. The summed E-state index contributed by atoms with van der Waals surface area (Å²) < 4.78 is 25.2. The van der Waals surface area contributed by atoms with Gasteiger partial charge in [-0.25, -0.2) is 9.18 Å². The molecule has 1 aromatic heterocycles. The molecule has 148 valence electrons. The number of ether oxygens (including phenoxy) is 2. The molecule has 3 atom stereocenters. The topological polar surface area (TPSA) is 140 Å². The van der Waals surface area contributed by atoms with Gasteiger partial charge in [0.15, 0.2) is 18.1 Å². The van der Waals surface area contributed by atoms with Crippen LogP contribution in [0.4, 0.5) is 9.18 Å². The fourth-order valence-electron chi connectivity index (χ4n) is 3.51. The number of hydrogen-bond donors (Lipinski definition) is 3. The molecule has 4 heterocycles.